The fourth-order valence-corrected chi connectivity index (χ4v) is 2.05. The molecule has 0 spiro atoms. The molecule has 0 aliphatic rings. The van der Waals surface area contributed by atoms with Gasteiger partial charge in [-0.2, -0.15) is 0 Å². The van der Waals surface area contributed by atoms with Gasteiger partial charge in [-0.05, 0) is 44.9 Å². The molecule has 1 atom stereocenters. The van der Waals surface area contributed by atoms with Crippen molar-refractivity contribution in [1.82, 2.24) is 10.6 Å². The Balaban J connectivity index is 2.43. The van der Waals surface area contributed by atoms with Crippen LogP contribution in [0.4, 0.5) is 9.18 Å². The van der Waals surface area contributed by atoms with E-state index in [1.165, 1.54) is 12.1 Å². The van der Waals surface area contributed by atoms with E-state index in [0.717, 1.165) is 18.4 Å². The number of halogens is 1. The van der Waals surface area contributed by atoms with Gasteiger partial charge in [-0.15, -0.1) is 0 Å². The van der Waals surface area contributed by atoms with E-state index >= 15 is 0 Å². The first-order chi connectivity index (χ1) is 10.3. The molecular formula is C17H27FN2O2. The number of hydrogen-bond donors (Lipinski definition) is 2. The summed E-state index contributed by atoms with van der Waals surface area (Å²) in [5.41, 5.74) is 0.387. The van der Waals surface area contributed by atoms with Crippen LogP contribution in [-0.4, -0.2) is 24.3 Å². The van der Waals surface area contributed by atoms with Gasteiger partial charge in [0.15, 0.2) is 0 Å². The fourth-order valence-electron chi connectivity index (χ4n) is 2.05. The molecule has 0 radical (unpaired) electrons. The minimum atomic E-state index is -0.501. The number of carbonyl (C=O) groups is 1. The van der Waals surface area contributed by atoms with Gasteiger partial charge in [0, 0.05) is 19.1 Å². The van der Waals surface area contributed by atoms with Crippen LogP contribution in [0.3, 0.4) is 0 Å². The van der Waals surface area contributed by atoms with Crippen LogP contribution in [0.2, 0.25) is 0 Å². The molecule has 0 aliphatic heterocycles. The Bertz CT molecular complexity index is 472. The lowest BCUT2D eigenvalue weighted by Crippen LogP contribution is -2.42. The van der Waals surface area contributed by atoms with Crippen LogP contribution in [0.25, 0.3) is 0 Å². The van der Waals surface area contributed by atoms with E-state index < -0.39 is 11.7 Å². The van der Waals surface area contributed by atoms with E-state index in [0.29, 0.717) is 13.1 Å². The summed E-state index contributed by atoms with van der Waals surface area (Å²) < 4.78 is 18.4. The van der Waals surface area contributed by atoms with E-state index in [1.54, 1.807) is 6.07 Å². The van der Waals surface area contributed by atoms with Gasteiger partial charge >= 0.3 is 6.09 Å². The molecule has 0 saturated heterocycles. The molecule has 1 amide bonds. The maximum atomic E-state index is 13.1. The zero-order valence-electron chi connectivity index (χ0n) is 13.9. The number of carbonyl (C=O) groups excluding carboxylic acids is 1. The van der Waals surface area contributed by atoms with Gasteiger partial charge in [0.2, 0.25) is 0 Å². The Morgan fingerprint density at radius 3 is 2.68 bits per heavy atom. The number of rotatable bonds is 7. The topological polar surface area (TPSA) is 50.4 Å². The number of ether oxygens (including phenoxy) is 1. The van der Waals surface area contributed by atoms with Crippen LogP contribution >= 0.6 is 0 Å². The smallest absolute Gasteiger partial charge is 0.407 e. The quantitative estimate of drug-likeness (QED) is 0.809. The lowest BCUT2D eigenvalue weighted by molar-refractivity contribution is 0.0521. The molecule has 22 heavy (non-hydrogen) atoms. The van der Waals surface area contributed by atoms with Crippen molar-refractivity contribution in [2.24, 2.45) is 0 Å². The third-order valence-electron chi connectivity index (χ3n) is 3.01. The van der Waals surface area contributed by atoms with Gasteiger partial charge in [-0.25, -0.2) is 9.18 Å². The molecule has 0 aliphatic carbocycles. The molecule has 0 fully saturated rings. The average Bonchev–Trinajstić information content (AvgIpc) is 2.40. The van der Waals surface area contributed by atoms with Gasteiger partial charge in [-0.3, -0.25) is 0 Å². The van der Waals surface area contributed by atoms with Crippen molar-refractivity contribution in [3.8, 4) is 0 Å². The number of benzene rings is 1. The van der Waals surface area contributed by atoms with E-state index in [9.17, 15) is 9.18 Å². The van der Waals surface area contributed by atoms with Crippen molar-refractivity contribution in [3.63, 3.8) is 0 Å². The molecule has 5 heteroatoms. The minimum Gasteiger partial charge on any atom is -0.444 e. The van der Waals surface area contributed by atoms with Gasteiger partial charge < -0.3 is 15.4 Å². The zero-order valence-corrected chi connectivity index (χ0v) is 13.9. The minimum absolute atomic E-state index is 0.126. The molecule has 0 aromatic heterocycles. The second-order valence-electron chi connectivity index (χ2n) is 6.38. The summed E-state index contributed by atoms with van der Waals surface area (Å²) in [5, 5.41) is 6.12. The molecule has 1 unspecified atom stereocenters. The van der Waals surface area contributed by atoms with Gasteiger partial charge in [-0.1, -0.05) is 25.5 Å². The van der Waals surface area contributed by atoms with Crippen LogP contribution in [0.5, 0.6) is 0 Å². The Kier molecular flexibility index (Phi) is 7.32. The maximum absolute atomic E-state index is 13.1. The van der Waals surface area contributed by atoms with Crippen molar-refractivity contribution in [2.45, 2.75) is 58.7 Å². The highest BCUT2D eigenvalue weighted by molar-refractivity contribution is 5.67. The molecule has 2 N–H and O–H groups in total. The van der Waals surface area contributed by atoms with Gasteiger partial charge in [0.1, 0.15) is 11.4 Å². The van der Waals surface area contributed by atoms with Gasteiger partial charge in [0.25, 0.3) is 0 Å². The summed E-state index contributed by atoms with van der Waals surface area (Å²) in [6.45, 7) is 8.63. The maximum Gasteiger partial charge on any atom is 0.407 e. The highest BCUT2D eigenvalue weighted by Crippen LogP contribution is 2.07. The van der Waals surface area contributed by atoms with E-state index in [-0.39, 0.29) is 11.9 Å². The Morgan fingerprint density at radius 2 is 2.09 bits per heavy atom. The molecule has 0 bridgehead atoms. The molecule has 1 rings (SSSR count). The highest BCUT2D eigenvalue weighted by atomic mass is 19.1. The van der Waals surface area contributed by atoms with Crippen LogP contribution in [0.15, 0.2) is 24.3 Å². The lowest BCUT2D eigenvalue weighted by Gasteiger charge is -2.22. The highest BCUT2D eigenvalue weighted by Gasteiger charge is 2.17. The summed E-state index contributed by atoms with van der Waals surface area (Å²) in [7, 11) is 0. The Hall–Kier alpha value is -1.62. The van der Waals surface area contributed by atoms with Crippen molar-refractivity contribution < 1.29 is 13.9 Å². The molecule has 124 valence electrons. The summed E-state index contributed by atoms with van der Waals surface area (Å²) in [6.07, 6.45) is 1.50. The third kappa shape index (κ3) is 7.98. The molecular weight excluding hydrogens is 283 g/mol. The predicted molar refractivity (Wildman–Crippen MR) is 86.2 cm³/mol. The summed E-state index contributed by atoms with van der Waals surface area (Å²) in [4.78, 5) is 11.7. The van der Waals surface area contributed by atoms with Crippen LogP contribution in [0, 0.1) is 5.82 Å². The molecule has 0 heterocycles. The van der Waals surface area contributed by atoms with Crippen molar-refractivity contribution in [3.05, 3.63) is 35.6 Å². The predicted octanol–water partition coefficient (Wildman–Crippen LogP) is 3.61. The lowest BCUT2D eigenvalue weighted by atomic mass is 10.1. The summed E-state index contributed by atoms with van der Waals surface area (Å²) >= 11 is 0. The van der Waals surface area contributed by atoms with Crippen molar-refractivity contribution in [1.29, 1.82) is 0 Å². The molecule has 1 aromatic rings. The number of amides is 1. The first kappa shape index (κ1) is 18.4. The van der Waals surface area contributed by atoms with E-state index in [1.807, 2.05) is 26.8 Å². The molecule has 4 nitrogen and oxygen atoms in total. The second kappa shape index (κ2) is 8.73. The standard InChI is InChI=1S/C17H27FN2O2/c1-5-7-15(12-20-16(21)22-17(2,3)4)19-11-13-8-6-9-14(18)10-13/h6,8-10,15,19H,5,7,11-12H2,1-4H3,(H,20,21). The average molecular weight is 310 g/mol. The fraction of sp³-hybridized carbons (Fsp3) is 0.588. The van der Waals surface area contributed by atoms with E-state index in [2.05, 4.69) is 17.6 Å². The van der Waals surface area contributed by atoms with Crippen LogP contribution in [0.1, 0.15) is 46.1 Å². The monoisotopic (exact) mass is 310 g/mol. The van der Waals surface area contributed by atoms with Crippen LogP contribution in [-0.2, 0) is 11.3 Å². The normalized spacial score (nSPS) is 12.8. The van der Waals surface area contributed by atoms with Crippen molar-refractivity contribution in [2.75, 3.05) is 6.54 Å². The Labute approximate surface area is 132 Å². The zero-order chi connectivity index (χ0) is 16.6. The first-order valence-corrected chi connectivity index (χ1v) is 7.75. The number of nitrogens with one attached hydrogen (secondary N) is 2. The SMILES string of the molecule is CCCC(CNC(=O)OC(C)(C)C)NCc1cccc(F)c1. The second-order valence-corrected chi connectivity index (χ2v) is 6.38. The van der Waals surface area contributed by atoms with Gasteiger partial charge in [0.05, 0.1) is 0 Å². The summed E-state index contributed by atoms with van der Waals surface area (Å²) in [5.74, 6) is -0.238. The van der Waals surface area contributed by atoms with E-state index in [4.69, 9.17) is 4.74 Å². The summed E-state index contributed by atoms with van der Waals surface area (Å²) in [6, 6.07) is 6.63. The first-order valence-electron chi connectivity index (χ1n) is 7.75. The largest absolute Gasteiger partial charge is 0.444 e. The van der Waals surface area contributed by atoms with Crippen molar-refractivity contribution >= 4 is 6.09 Å². The number of alkyl carbamates (subject to hydrolysis) is 1. The molecule has 0 saturated carbocycles. The number of hydrogen-bond acceptors (Lipinski definition) is 3. The Morgan fingerprint density at radius 1 is 1.36 bits per heavy atom. The molecule has 1 aromatic carbocycles. The van der Waals surface area contributed by atoms with Crippen LogP contribution < -0.4 is 10.6 Å². The third-order valence-corrected chi connectivity index (χ3v) is 3.01.